The van der Waals surface area contributed by atoms with Crippen molar-refractivity contribution in [3.8, 4) is 23.0 Å². The van der Waals surface area contributed by atoms with Crippen LogP contribution >= 0.6 is 0 Å². The van der Waals surface area contributed by atoms with Crippen LogP contribution in [-0.2, 0) is 0 Å². The molecule has 4 aromatic rings. The Morgan fingerprint density at radius 3 is 2.47 bits per heavy atom. The van der Waals surface area contributed by atoms with E-state index < -0.39 is 17.2 Å². The summed E-state index contributed by atoms with van der Waals surface area (Å²) in [6, 6.07) is 16.2. The molecule has 0 aliphatic heterocycles. The van der Waals surface area contributed by atoms with E-state index in [-0.39, 0.29) is 22.5 Å². The van der Waals surface area contributed by atoms with Crippen molar-refractivity contribution in [1.29, 1.82) is 0 Å². The largest absolute Gasteiger partial charge is 0.497 e. The Morgan fingerprint density at radius 1 is 0.933 bits per heavy atom. The van der Waals surface area contributed by atoms with Crippen LogP contribution in [0.1, 0.15) is 10.4 Å². The number of halogens is 1. The number of carbonyl (C=O) groups is 1. The molecule has 0 fully saturated rings. The van der Waals surface area contributed by atoms with Gasteiger partial charge in [0, 0.05) is 6.07 Å². The minimum Gasteiger partial charge on any atom is -0.497 e. The van der Waals surface area contributed by atoms with Gasteiger partial charge in [0.25, 0.3) is 0 Å². The molecule has 0 saturated carbocycles. The molecule has 150 valence electrons. The van der Waals surface area contributed by atoms with Crippen molar-refractivity contribution in [3.05, 3.63) is 94.6 Å². The van der Waals surface area contributed by atoms with Crippen LogP contribution in [0, 0.1) is 5.82 Å². The zero-order valence-corrected chi connectivity index (χ0v) is 15.8. The van der Waals surface area contributed by atoms with Crippen molar-refractivity contribution in [2.24, 2.45) is 0 Å². The molecule has 0 spiro atoms. The lowest BCUT2D eigenvalue weighted by molar-refractivity contribution is 0.0734. The topological polar surface area (TPSA) is 75.0 Å². The third-order valence-electron chi connectivity index (χ3n) is 4.27. The fourth-order valence-electron chi connectivity index (χ4n) is 2.77. The van der Waals surface area contributed by atoms with Crippen molar-refractivity contribution in [1.82, 2.24) is 0 Å². The normalized spacial score (nSPS) is 10.6. The summed E-state index contributed by atoms with van der Waals surface area (Å²) in [6.07, 6.45) is 1.15. The van der Waals surface area contributed by atoms with E-state index >= 15 is 0 Å². The van der Waals surface area contributed by atoms with Gasteiger partial charge in [0.05, 0.1) is 18.1 Å². The highest BCUT2D eigenvalue weighted by molar-refractivity contribution is 5.92. The molecule has 0 amide bonds. The van der Waals surface area contributed by atoms with Gasteiger partial charge in [0.15, 0.2) is 0 Å². The van der Waals surface area contributed by atoms with E-state index in [0.29, 0.717) is 17.1 Å². The summed E-state index contributed by atoms with van der Waals surface area (Å²) < 4.78 is 34.4. The van der Waals surface area contributed by atoms with E-state index in [4.69, 9.17) is 18.6 Å². The lowest BCUT2D eigenvalue weighted by Gasteiger charge is -2.08. The molecule has 0 unspecified atom stereocenters. The molecule has 0 atom stereocenters. The zero-order chi connectivity index (χ0) is 21.1. The van der Waals surface area contributed by atoms with Gasteiger partial charge >= 0.3 is 5.97 Å². The fraction of sp³-hybridized carbons (Fsp3) is 0.0435. The van der Waals surface area contributed by atoms with Crippen molar-refractivity contribution >= 4 is 16.9 Å². The molecule has 1 aromatic heterocycles. The number of methoxy groups -OCH3 is 1. The predicted molar refractivity (Wildman–Crippen MR) is 107 cm³/mol. The summed E-state index contributed by atoms with van der Waals surface area (Å²) >= 11 is 0. The van der Waals surface area contributed by atoms with Crippen LogP contribution in [0.25, 0.3) is 11.0 Å². The molecule has 0 saturated heterocycles. The number of ether oxygens (including phenoxy) is 3. The second-order valence-electron chi connectivity index (χ2n) is 6.26. The van der Waals surface area contributed by atoms with Crippen LogP contribution in [0.5, 0.6) is 23.0 Å². The quantitative estimate of drug-likeness (QED) is 0.345. The highest BCUT2D eigenvalue weighted by Crippen LogP contribution is 2.25. The third kappa shape index (κ3) is 4.00. The molecule has 1 heterocycles. The molecule has 0 aliphatic carbocycles. The molecule has 0 aliphatic rings. The minimum atomic E-state index is -0.577. The van der Waals surface area contributed by atoms with Crippen LogP contribution in [0.3, 0.4) is 0 Å². The summed E-state index contributed by atoms with van der Waals surface area (Å²) in [7, 11) is 1.50. The first-order chi connectivity index (χ1) is 14.5. The molecule has 6 nitrogen and oxygen atoms in total. The molecule has 30 heavy (non-hydrogen) atoms. The molecular weight excluding hydrogens is 391 g/mol. The summed E-state index contributed by atoms with van der Waals surface area (Å²) in [4.78, 5) is 25.0. The lowest BCUT2D eigenvalue weighted by Crippen LogP contribution is -2.09. The molecular formula is C23H15FO6. The first-order valence-corrected chi connectivity index (χ1v) is 8.89. The summed E-state index contributed by atoms with van der Waals surface area (Å²) in [5, 5.41) is 0.246. The third-order valence-corrected chi connectivity index (χ3v) is 4.27. The molecule has 7 heteroatoms. The maximum Gasteiger partial charge on any atom is 0.343 e. The Labute approximate surface area is 170 Å². The van der Waals surface area contributed by atoms with Crippen molar-refractivity contribution in [2.45, 2.75) is 0 Å². The van der Waals surface area contributed by atoms with Crippen LogP contribution in [-0.4, -0.2) is 13.1 Å². The van der Waals surface area contributed by atoms with Gasteiger partial charge in [-0.3, -0.25) is 4.79 Å². The first kappa shape index (κ1) is 19.2. The number of carbonyl (C=O) groups excluding carboxylic acids is 1. The Bertz CT molecular complexity index is 1280. The summed E-state index contributed by atoms with van der Waals surface area (Å²) in [5.41, 5.74) is 0.132. The fourth-order valence-corrected chi connectivity index (χ4v) is 2.77. The van der Waals surface area contributed by atoms with Crippen LogP contribution in [0.15, 0.2) is 82.2 Å². The van der Waals surface area contributed by atoms with Crippen LogP contribution in [0.2, 0.25) is 0 Å². The molecule has 4 rings (SSSR count). The Kier molecular flexibility index (Phi) is 5.17. The van der Waals surface area contributed by atoms with E-state index in [2.05, 4.69) is 0 Å². The van der Waals surface area contributed by atoms with Gasteiger partial charge in [0.2, 0.25) is 11.2 Å². The van der Waals surface area contributed by atoms with E-state index in [1.807, 2.05) is 0 Å². The van der Waals surface area contributed by atoms with Crippen molar-refractivity contribution < 1.29 is 27.8 Å². The van der Waals surface area contributed by atoms with Gasteiger partial charge in [0.1, 0.15) is 34.9 Å². The van der Waals surface area contributed by atoms with E-state index in [1.54, 1.807) is 24.3 Å². The minimum absolute atomic E-state index is 0.0461. The Hall–Kier alpha value is -4.13. The maximum absolute atomic E-state index is 13.0. The number of fused-ring (bicyclic) bond motifs is 1. The average Bonchev–Trinajstić information content (AvgIpc) is 2.77. The summed E-state index contributed by atoms with van der Waals surface area (Å²) in [5.74, 6) is 0.00576. The number of hydrogen-bond donors (Lipinski definition) is 0. The van der Waals surface area contributed by atoms with Crippen LogP contribution < -0.4 is 19.6 Å². The highest BCUT2D eigenvalue weighted by Gasteiger charge is 2.13. The molecule has 0 bridgehead atoms. The Morgan fingerprint density at radius 2 is 1.70 bits per heavy atom. The standard InChI is InChI=1S/C23H15FO6/c1-27-17-4-2-3-14(11-17)23(26)30-18-9-10-19-20(12-18)28-13-21(22(19)25)29-16-7-5-15(24)6-8-16/h2-13H,1H3. The predicted octanol–water partition coefficient (Wildman–Crippen LogP) is 4.95. The number of benzene rings is 3. The van der Waals surface area contributed by atoms with Crippen molar-refractivity contribution in [3.63, 3.8) is 0 Å². The van der Waals surface area contributed by atoms with Gasteiger partial charge in [-0.25, -0.2) is 9.18 Å². The highest BCUT2D eigenvalue weighted by atomic mass is 19.1. The van der Waals surface area contributed by atoms with E-state index in [9.17, 15) is 14.0 Å². The number of hydrogen-bond acceptors (Lipinski definition) is 6. The lowest BCUT2D eigenvalue weighted by atomic mass is 10.2. The monoisotopic (exact) mass is 406 g/mol. The smallest absolute Gasteiger partial charge is 0.343 e. The van der Waals surface area contributed by atoms with E-state index in [1.165, 1.54) is 49.6 Å². The maximum atomic E-state index is 13.0. The van der Waals surface area contributed by atoms with Crippen molar-refractivity contribution in [2.75, 3.05) is 7.11 Å². The van der Waals surface area contributed by atoms with Crippen LogP contribution in [0.4, 0.5) is 4.39 Å². The van der Waals surface area contributed by atoms with Gasteiger partial charge in [-0.1, -0.05) is 6.07 Å². The van der Waals surface area contributed by atoms with Gasteiger partial charge < -0.3 is 18.6 Å². The Balaban J connectivity index is 1.58. The zero-order valence-electron chi connectivity index (χ0n) is 15.8. The molecule has 0 N–H and O–H groups in total. The first-order valence-electron chi connectivity index (χ1n) is 8.89. The van der Waals surface area contributed by atoms with Gasteiger partial charge in [-0.2, -0.15) is 0 Å². The van der Waals surface area contributed by atoms with E-state index in [0.717, 1.165) is 6.26 Å². The van der Waals surface area contributed by atoms with Gasteiger partial charge in [-0.15, -0.1) is 0 Å². The average molecular weight is 406 g/mol. The second-order valence-corrected chi connectivity index (χ2v) is 6.26. The van der Waals surface area contributed by atoms with Gasteiger partial charge in [-0.05, 0) is 54.6 Å². The SMILES string of the molecule is COc1cccc(C(=O)Oc2ccc3c(=O)c(Oc4ccc(F)cc4)coc3c2)c1. The molecule has 3 aromatic carbocycles. The number of esters is 1. The summed E-state index contributed by atoms with van der Waals surface area (Å²) in [6.45, 7) is 0. The second kappa shape index (κ2) is 8.08. The number of rotatable bonds is 5. The molecule has 0 radical (unpaired) electrons.